The summed E-state index contributed by atoms with van der Waals surface area (Å²) in [6.45, 7) is 3.57. The average molecular weight is 276 g/mol. The van der Waals surface area contributed by atoms with Crippen molar-refractivity contribution in [2.24, 2.45) is 5.92 Å². The first-order valence-corrected chi connectivity index (χ1v) is 7.72. The van der Waals surface area contributed by atoms with E-state index >= 15 is 0 Å². The number of H-pyrrole nitrogens is 1. The predicted octanol–water partition coefficient (Wildman–Crippen LogP) is 1.65. The van der Waals surface area contributed by atoms with Crippen molar-refractivity contribution >= 4 is 5.91 Å². The van der Waals surface area contributed by atoms with Gasteiger partial charge in [0, 0.05) is 24.3 Å². The third-order valence-electron chi connectivity index (χ3n) is 4.69. The van der Waals surface area contributed by atoms with Gasteiger partial charge in [-0.05, 0) is 38.5 Å². The lowest BCUT2D eigenvalue weighted by Crippen LogP contribution is -2.55. The van der Waals surface area contributed by atoms with E-state index in [0.29, 0.717) is 6.54 Å². The zero-order valence-corrected chi connectivity index (χ0v) is 12.2. The normalized spacial score (nSPS) is 21.1. The van der Waals surface area contributed by atoms with Gasteiger partial charge in [0.15, 0.2) is 0 Å². The second-order valence-electron chi connectivity index (χ2n) is 6.32. The van der Waals surface area contributed by atoms with Crippen LogP contribution in [0.2, 0.25) is 0 Å². The lowest BCUT2D eigenvalue weighted by molar-refractivity contribution is -0.127. The Morgan fingerprint density at radius 3 is 2.80 bits per heavy atom. The van der Waals surface area contributed by atoms with E-state index in [-0.39, 0.29) is 11.4 Å². The molecule has 1 heterocycles. The van der Waals surface area contributed by atoms with Crippen LogP contribution in [0.3, 0.4) is 0 Å². The molecular weight excluding hydrogens is 252 g/mol. The van der Waals surface area contributed by atoms with Crippen LogP contribution in [0.25, 0.3) is 0 Å². The molecule has 2 aliphatic rings. The molecule has 110 valence electrons. The van der Waals surface area contributed by atoms with Crippen LogP contribution in [-0.4, -0.2) is 28.2 Å². The number of amides is 1. The topological polar surface area (TPSA) is 69.8 Å². The number of carbonyl (C=O) groups excluding carboxylic acids is 1. The molecule has 1 aromatic rings. The first kappa shape index (κ1) is 13.6. The Labute approximate surface area is 119 Å². The lowest BCUT2D eigenvalue weighted by atomic mass is 9.95. The molecule has 5 nitrogen and oxygen atoms in total. The summed E-state index contributed by atoms with van der Waals surface area (Å²) in [6, 6.07) is 0. The van der Waals surface area contributed by atoms with Crippen LogP contribution >= 0.6 is 0 Å². The van der Waals surface area contributed by atoms with E-state index in [2.05, 4.69) is 20.8 Å². The van der Waals surface area contributed by atoms with Gasteiger partial charge in [0.2, 0.25) is 5.91 Å². The number of aromatic nitrogens is 2. The molecule has 0 unspecified atom stereocenters. The SMILES string of the molecule is Cc1[nH]ncc1CNC1(C(=O)NCC2CC2)CCCC1. The van der Waals surface area contributed by atoms with Crippen molar-refractivity contribution in [1.82, 2.24) is 20.8 Å². The highest BCUT2D eigenvalue weighted by molar-refractivity contribution is 5.86. The van der Waals surface area contributed by atoms with Gasteiger partial charge < -0.3 is 5.32 Å². The zero-order valence-electron chi connectivity index (χ0n) is 12.2. The average Bonchev–Trinajstić information content (AvgIpc) is 2.99. The van der Waals surface area contributed by atoms with E-state index in [1.165, 1.54) is 12.8 Å². The van der Waals surface area contributed by atoms with Crippen LogP contribution in [0.5, 0.6) is 0 Å². The molecule has 2 fully saturated rings. The molecular formula is C15H24N4O. The molecule has 3 N–H and O–H groups in total. The first-order chi connectivity index (χ1) is 9.70. The molecule has 5 heteroatoms. The lowest BCUT2D eigenvalue weighted by Gasteiger charge is -2.29. The Hall–Kier alpha value is -1.36. The predicted molar refractivity (Wildman–Crippen MR) is 77.1 cm³/mol. The molecule has 0 saturated heterocycles. The Kier molecular flexibility index (Phi) is 3.78. The van der Waals surface area contributed by atoms with Crippen molar-refractivity contribution in [3.05, 3.63) is 17.5 Å². The number of nitrogens with one attached hydrogen (secondary N) is 3. The molecule has 0 spiro atoms. The summed E-state index contributed by atoms with van der Waals surface area (Å²) in [4.78, 5) is 12.5. The van der Waals surface area contributed by atoms with E-state index in [4.69, 9.17) is 0 Å². The molecule has 20 heavy (non-hydrogen) atoms. The van der Waals surface area contributed by atoms with Gasteiger partial charge in [0.1, 0.15) is 0 Å². The summed E-state index contributed by atoms with van der Waals surface area (Å²) < 4.78 is 0. The quantitative estimate of drug-likeness (QED) is 0.740. The van der Waals surface area contributed by atoms with Gasteiger partial charge in [-0.25, -0.2) is 0 Å². The summed E-state index contributed by atoms with van der Waals surface area (Å²) in [6.07, 6.45) is 8.54. The standard InChI is InChI=1S/C15H24N4O/c1-11-13(10-18-19-11)9-17-15(6-2-3-7-15)14(20)16-8-12-4-5-12/h10,12,17H,2-9H2,1H3,(H,16,20)(H,18,19). The van der Waals surface area contributed by atoms with Crippen LogP contribution in [0.4, 0.5) is 0 Å². The minimum absolute atomic E-state index is 0.197. The molecule has 3 rings (SSSR count). The molecule has 0 atom stereocenters. The fourth-order valence-electron chi connectivity index (χ4n) is 3.01. The molecule has 0 aliphatic heterocycles. The molecule has 2 saturated carbocycles. The van der Waals surface area contributed by atoms with E-state index in [1.807, 2.05) is 13.1 Å². The van der Waals surface area contributed by atoms with Crippen molar-refractivity contribution in [2.45, 2.75) is 57.5 Å². The Bertz CT molecular complexity index is 472. The maximum Gasteiger partial charge on any atom is 0.240 e. The van der Waals surface area contributed by atoms with Gasteiger partial charge in [-0.15, -0.1) is 0 Å². The van der Waals surface area contributed by atoms with Gasteiger partial charge in [0.05, 0.1) is 11.7 Å². The van der Waals surface area contributed by atoms with Gasteiger partial charge in [0.25, 0.3) is 0 Å². The van der Waals surface area contributed by atoms with Crippen LogP contribution in [0.1, 0.15) is 49.8 Å². The van der Waals surface area contributed by atoms with Crippen LogP contribution in [0.15, 0.2) is 6.20 Å². The number of carbonyl (C=O) groups is 1. The first-order valence-electron chi connectivity index (χ1n) is 7.72. The van der Waals surface area contributed by atoms with Crippen LogP contribution in [0, 0.1) is 12.8 Å². The van der Waals surface area contributed by atoms with Gasteiger partial charge >= 0.3 is 0 Å². The molecule has 0 bridgehead atoms. The number of rotatable bonds is 6. The maximum absolute atomic E-state index is 12.5. The Balaban J connectivity index is 1.61. The van der Waals surface area contributed by atoms with Crippen molar-refractivity contribution < 1.29 is 4.79 Å². The Morgan fingerprint density at radius 1 is 1.45 bits per heavy atom. The number of nitrogens with zero attached hydrogens (tertiary/aromatic N) is 1. The fourth-order valence-corrected chi connectivity index (χ4v) is 3.01. The highest BCUT2D eigenvalue weighted by Crippen LogP contribution is 2.32. The summed E-state index contributed by atoms with van der Waals surface area (Å²) in [5.74, 6) is 0.927. The molecule has 1 amide bonds. The minimum atomic E-state index is -0.362. The van der Waals surface area contributed by atoms with Crippen LogP contribution < -0.4 is 10.6 Å². The highest BCUT2D eigenvalue weighted by atomic mass is 16.2. The van der Waals surface area contributed by atoms with Crippen molar-refractivity contribution in [3.8, 4) is 0 Å². The summed E-state index contributed by atoms with van der Waals surface area (Å²) in [7, 11) is 0. The highest BCUT2D eigenvalue weighted by Gasteiger charge is 2.41. The number of aryl methyl sites for hydroxylation is 1. The van der Waals surface area contributed by atoms with Gasteiger partial charge in [-0.1, -0.05) is 12.8 Å². The second-order valence-corrected chi connectivity index (χ2v) is 6.32. The monoisotopic (exact) mass is 276 g/mol. The van der Waals surface area contributed by atoms with E-state index in [0.717, 1.165) is 49.4 Å². The Morgan fingerprint density at radius 2 is 2.20 bits per heavy atom. The van der Waals surface area contributed by atoms with E-state index < -0.39 is 0 Å². The summed E-state index contributed by atoms with van der Waals surface area (Å²) >= 11 is 0. The van der Waals surface area contributed by atoms with Crippen LogP contribution in [-0.2, 0) is 11.3 Å². The van der Waals surface area contributed by atoms with Crippen molar-refractivity contribution in [3.63, 3.8) is 0 Å². The van der Waals surface area contributed by atoms with Crippen molar-refractivity contribution in [1.29, 1.82) is 0 Å². The maximum atomic E-state index is 12.5. The third-order valence-corrected chi connectivity index (χ3v) is 4.69. The van der Waals surface area contributed by atoms with Gasteiger partial charge in [-0.3, -0.25) is 15.2 Å². The van der Waals surface area contributed by atoms with E-state index in [9.17, 15) is 4.79 Å². The number of hydrogen-bond donors (Lipinski definition) is 3. The smallest absolute Gasteiger partial charge is 0.240 e. The number of aromatic amines is 1. The van der Waals surface area contributed by atoms with Gasteiger partial charge in [-0.2, -0.15) is 5.10 Å². The molecule has 0 aromatic carbocycles. The van der Waals surface area contributed by atoms with E-state index in [1.54, 1.807) is 0 Å². The summed E-state index contributed by atoms with van der Waals surface area (Å²) in [5.41, 5.74) is 1.86. The molecule has 0 radical (unpaired) electrons. The van der Waals surface area contributed by atoms with Crippen molar-refractivity contribution in [2.75, 3.05) is 6.54 Å². The zero-order chi connectivity index (χ0) is 14.0. The third kappa shape index (κ3) is 2.87. The molecule has 2 aliphatic carbocycles. The fraction of sp³-hybridized carbons (Fsp3) is 0.733. The largest absolute Gasteiger partial charge is 0.354 e. The minimum Gasteiger partial charge on any atom is -0.354 e. The number of hydrogen-bond acceptors (Lipinski definition) is 3. The second kappa shape index (κ2) is 5.56. The summed E-state index contributed by atoms with van der Waals surface area (Å²) in [5, 5.41) is 13.6. The molecule has 1 aromatic heterocycles.